The van der Waals surface area contributed by atoms with Crippen molar-refractivity contribution in [2.75, 3.05) is 32.9 Å². The molecular formula is C13H22N2S. The highest BCUT2D eigenvalue weighted by Gasteiger charge is 1.96. The second-order valence-corrected chi connectivity index (χ2v) is 5.24. The van der Waals surface area contributed by atoms with E-state index in [4.69, 9.17) is 0 Å². The minimum atomic E-state index is 0.971. The van der Waals surface area contributed by atoms with Gasteiger partial charge in [0.1, 0.15) is 0 Å². The van der Waals surface area contributed by atoms with Crippen molar-refractivity contribution in [2.24, 2.45) is 0 Å². The van der Waals surface area contributed by atoms with Gasteiger partial charge < -0.3 is 10.2 Å². The molecule has 0 aliphatic heterocycles. The summed E-state index contributed by atoms with van der Waals surface area (Å²) in [5.41, 5.74) is 1.36. The standard InChI is InChI=1S/C13H22N2S/c1-4-14-11-12-5-7-13(8-6-12)16-10-9-15(2)3/h5-8,14H,4,9-11H2,1-3H3. The average Bonchev–Trinajstić information content (AvgIpc) is 2.27. The van der Waals surface area contributed by atoms with Crippen LogP contribution in [0.1, 0.15) is 12.5 Å². The molecule has 0 spiro atoms. The zero-order valence-corrected chi connectivity index (χ0v) is 11.3. The Morgan fingerprint density at radius 2 is 1.88 bits per heavy atom. The van der Waals surface area contributed by atoms with E-state index in [9.17, 15) is 0 Å². The lowest BCUT2D eigenvalue weighted by molar-refractivity contribution is 0.437. The number of nitrogens with one attached hydrogen (secondary N) is 1. The van der Waals surface area contributed by atoms with Crippen LogP contribution in [0.25, 0.3) is 0 Å². The second kappa shape index (κ2) is 7.71. The molecule has 3 heteroatoms. The summed E-state index contributed by atoms with van der Waals surface area (Å²) in [7, 11) is 4.22. The van der Waals surface area contributed by atoms with Crippen molar-refractivity contribution in [3.8, 4) is 0 Å². The largest absolute Gasteiger partial charge is 0.313 e. The number of hydrogen-bond acceptors (Lipinski definition) is 3. The fourth-order valence-corrected chi connectivity index (χ4v) is 2.34. The molecule has 1 aromatic rings. The van der Waals surface area contributed by atoms with E-state index in [-0.39, 0.29) is 0 Å². The maximum Gasteiger partial charge on any atom is 0.0205 e. The smallest absolute Gasteiger partial charge is 0.0205 e. The van der Waals surface area contributed by atoms with Crippen LogP contribution in [0.15, 0.2) is 29.2 Å². The number of nitrogens with zero attached hydrogens (tertiary/aromatic N) is 1. The number of benzene rings is 1. The monoisotopic (exact) mass is 238 g/mol. The predicted octanol–water partition coefficient (Wildman–Crippen LogP) is 2.45. The topological polar surface area (TPSA) is 15.3 Å². The van der Waals surface area contributed by atoms with Crippen LogP contribution in [0, 0.1) is 0 Å². The van der Waals surface area contributed by atoms with Gasteiger partial charge in [-0.1, -0.05) is 19.1 Å². The van der Waals surface area contributed by atoms with E-state index >= 15 is 0 Å². The quantitative estimate of drug-likeness (QED) is 0.735. The zero-order valence-electron chi connectivity index (χ0n) is 10.5. The molecule has 0 aliphatic carbocycles. The van der Waals surface area contributed by atoms with Crippen LogP contribution in [0.3, 0.4) is 0 Å². The van der Waals surface area contributed by atoms with Crippen LogP contribution < -0.4 is 5.32 Å². The summed E-state index contributed by atoms with van der Waals surface area (Å²) in [6, 6.07) is 8.85. The maximum atomic E-state index is 3.33. The van der Waals surface area contributed by atoms with Gasteiger partial charge in [0.05, 0.1) is 0 Å². The zero-order chi connectivity index (χ0) is 11.8. The van der Waals surface area contributed by atoms with Gasteiger partial charge in [-0.15, -0.1) is 11.8 Å². The van der Waals surface area contributed by atoms with Gasteiger partial charge in [-0.3, -0.25) is 0 Å². The molecule has 0 aromatic heterocycles. The Hall–Kier alpha value is -0.510. The van der Waals surface area contributed by atoms with Crippen molar-refractivity contribution in [3.63, 3.8) is 0 Å². The molecule has 0 heterocycles. The summed E-state index contributed by atoms with van der Waals surface area (Å²) in [6.45, 7) is 5.26. The number of rotatable bonds is 7. The van der Waals surface area contributed by atoms with E-state index in [0.717, 1.165) is 25.4 Å². The highest BCUT2D eigenvalue weighted by atomic mass is 32.2. The van der Waals surface area contributed by atoms with Crippen LogP contribution in [-0.4, -0.2) is 37.8 Å². The summed E-state index contributed by atoms with van der Waals surface area (Å²) in [6.07, 6.45) is 0. The molecule has 2 nitrogen and oxygen atoms in total. The Balaban J connectivity index is 2.33. The van der Waals surface area contributed by atoms with E-state index in [0.29, 0.717) is 0 Å². The molecule has 0 fully saturated rings. The summed E-state index contributed by atoms with van der Waals surface area (Å²) in [4.78, 5) is 3.58. The number of hydrogen-bond donors (Lipinski definition) is 1. The molecule has 1 N–H and O–H groups in total. The first-order valence-electron chi connectivity index (χ1n) is 5.79. The summed E-state index contributed by atoms with van der Waals surface area (Å²) in [5.74, 6) is 1.15. The van der Waals surface area contributed by atoms with Crippen molar-refractivity contribution in [1.82, 2.24) is 10.2 Å². The van der Waals surface area contributed by atoms with Gasteiger partial charge in [0.25, 0.3) is 0 Å². The van der Waals surface area contributed by atoms with Crippen molar-refractivity contribution < 1.29 is 0 Å². The van der Waals surface area contributed by atoms with Gasteiger partial charge in [-0.05, 0) is 38.3 Å². The molecule has 0 atom stereocenters. The molecule has 0 bridgehead atoms. The van der Waals surface area contributed by atoms with Crippen LogP contribution in [0.2, 0.25) is 0 Å². The Kier molecular flexibility index (Phi) is 6.53. The van der Waals surface area contributed by atoms with Crippen LogP contribution in [-0.2, 0) is 6.54 Å². The third-order valence-corrected chi connectivity index (χ3v) is 3.30. The summed E-state index contributed by atoms with van der Waals surface area (Å²) >= 11 is 1.92. The van der Waals surface area contributed by atoms with Crippen molar-refractivity contribution in [2.45, 2.75) is 18.4 Å². The van der Waals surface area contributed by atoms with Crippen LogP contribution in [0.4, 0.5) is 0 Å². The van der Waals surface area contributed by atoms with E-state index in [1.165, 1.54) is 10.5 Å². The van der Waals surface area contributed by atoms with Gasteiger partial charge in [-0.25, -0.2) is 0 Å². The molecule has 0 saturated carbocycles. The van der Waals surface area contributed by atoms with E-state index in [1.54, 1.807) is 0 Å². The lowest BCUT2D eigenvalue weighted by Gasteiger charge is -2.09. The normalized spacial score (nSPS) is 11.0. The lowest BCUT2D eigenvalue weighted by Crippen LogP contribution is -2.14. The highest BCUT2D eigenvalue weighted by Crippen LogP contribution is 2.18. The van der Waals surface area contributed by atoms with Crippen molar-refractivity contribution >= 4 is 11.8 Å². The van der Waals surface area contributed by atoms with Gasteiger partial charge >= 0.3 is 0 Å². The summed E-state index contributed by atoms with van der Waals surface area (Å²) in [5, 5.41) is 3.33. The second-order valence-electron chi connectivity index (χ2n) is 4.08. The van der Waals surface area contributed by atoms with Gasteiger partial charge in [-0.2, -0.15) is 0 Å². The van der Waals surface area contributed by atoms with Gasteiger partial charge in [0.2, 0.25) is 0 Å². The lowest BCUT2D eigenvalue weighted by atomic mass is 10.2. The van der Waals surface area contributed by atoms with Crippen molar-refractivity contribution in [1.29, 1.82) is 0 Å². The van der Waals surface area contributed by atoms with E-state index in [2.05, 4.69) is 55.5 Å². The molecule has 0 unspecified atom stereocenters. The predicted molar refractivity (Wildman–Crippen MR) is 73.1 cm³/mol. The molecule has 0 radical (unpaired) electrons. The van der Waals surface area contributed by atoms with Gasteiger partial charge in [0, 0.05) is 23.7 Å². The average molecular weight is 238 g/mol. The Morgan fingerprint density at radius 1 is 1.19 bits per heavy atom. The van der Waals surface area contributed by atoms with Crippen LogP contribution in [0.5, 0.6) is 0 Å². The first kappa shape index (κ1) is 13.6. The Morgan fingerprint density at radius 3 is 2.44 bits per heavy atom. The molecule has 0 aliphatic rings. The minimum absolute atomic E-state index is 0.971. The fourth-order valence-electron chi connectivity index (χ4n) is 1.32. The molecule has 90 valence electrons. The first-order chi connectivity index (χ1) is 7.72. The van der Waals surface area contributed by atoms with Crippen LogP contribution >= 0.6 is 11.8 Å². The summed E-state index contributed by atoms with van der Waals surface area (Å²) < 4.78 is 0. The number of thioether (sulfide) groups is 1. The Labute approximate surface area is 103 Å². The highest BCUT2D eigenvalue weighted by molar-refractivity contribution is 7.99. The van der Waals surface area contributed by atoms with E-state index in [1.807, 2.05) is 11.8 Å². The molecule has 1 rings (SSSR count). The third kappa shape index (κ3) is 5.54. The fraction of sp³-hybridized carbons (Fsp3) is 0.538. The van der Waals surface area contributed by atoms with Gasteiger partial charge in [0.15, 0.2) is 0 Å². The minimum Gasteiger partial charge on any atom is -0.313 e. The molecule has 1 aromatic carbocycles. The Bertz CT molecular complexity index is 282. The van der Waals surface area contributed by atoms with Crippen molar-refractivity contribution in [3.05, 3.63) is 29.8 Å². The molecule has 0 saturated heterocycles. The van der Waals surface area contributed by atoms with E-state index < -0.39 is 0 Å². The molecular weight excluding hydrogens is 216 g/mol. The molecule has 0 amide bonds. The molecule has 16 heavy (non-hydrogen) atoms. The third-order valence-electron chi connectivity index (χ3n) is 2.31. The maximum absolute atomic E-state index is 3.33. The SMILES string of the molecule is CCNCc1ccc(SCCN(C)C)cc1. The first-order valence-corrected chi connectivity index (χ1v) is 6.78.